The van der Waals surface area contributed by atoms with Crippen molar-refractivity contribution in [2.75, 3.05) is 20.2 Å². The van der Waals surface area contributed by atoms with E-state index in [9.17, 15) is 19.2 Å². The van der Waals surface area contributed by atoms with Crippen LogP contribution in [0, 0.1) is 0 Å². The molecule has 0 aliphatic rings. The fraction of sp³-hybridized carbons (Fsp3) is 0.474. The zero-order chi connectivity index (χ0) is 20.6. The Labute approximate surface area is 158 Å². The smallest absolute Gasteiger partial charge is 0.337 e. The number of methoxy groups -OCH3 is 1. The maximum atomic E-state index is 12.1. The number of esters is 2. The molecule has 0 saturated heterocycles. The number of amides is 1. The van der Waals surface area contributed by atoms with Crippen LogP contribution in [0.5, 0.6) is 0 Å². The van der Waals surface area contributed by atoms with Crippen molar-refractivity contribution in [3.63, 3.8) is 0 Å². The van der Waals surface area contributed by atoms with Gasteiger partial charge in [0.15, 0.2) is 5.78 Å². The fourth-order valence-corrected chi connectivity index (χ4v) is 2.04. The maximum Gasteiger partial charge on any atom is 0.337 e. The molecular weight excluding hydrogens is 352 g/mol. The molecule has 0 heterocycles. The van der Waals surface area contributed by atoms with Crippen molar-refractivity contribution in [1.82, 2.24) is 10.6 Å². The van der Waals surface area contributed by atoms with Gasteiger partial charge in [-0.2, -0.15) is 0 Å². The quantitative estimate of drug-likeness (QED) is 0.514. The van der Waals surface area contributed by atoms with Crippen LogP contribution in [0.3, 0.4) is 0 Å². The minimum absolute atomic E-state index is 0.116. The molecule has 0 spiro atoms. The largest absolute Gasteiger partial charge is 0.465 e. The topological polar surface area (TPSA) is 111 Å². The van der Waals surface area contributed by atoms with Gasteiger partial charge < -0.3 is 14.8 Å². The van der Waals surface area contributed by atoms with E-state index in [-0.39, 0.29) is 18.9 Å². The Hall–Kier alpha value is -2.74. The molecule has 0 aliphatic carbocycles. The lowest BCUT2D eigenvalue weighted by molar-refractivity contribution is -0.153. The second-order valence-corrected chi connectivity index (χ2v) is 6.90. The summed E-state index contributed by atoms with van der Waals surface area (Å²) >= 11 is 0. The van der Waals surface area contributed by atoms with E-state index in [4.69, 9.17) is 4.74 Å². The number of nitrogens with one attached hydrogen (secondary N) is 2. The van der Waals surface area contributed by atoms with E-state index >= 15 is 0 Å². The summed E-state index contributed by atoms with van der Waals surface area (Å²) in [7, 11) is 1.27. The highest BCUT2D eigenvalue weighted by atomic mass is 16.6. The van der Waals surface area contributed by atoms with Crippen molar-refractivity contribution in [1.29, 1.82) is 0 Å². The molecule has 1 aromatic carbocycles. The number of ketones is 1. The maximum absolute atomic E-state index is 12.1. The Morgan fingerprint density at radius 1 is 1.00 bits per heavy atom. The van der Waals surface area contributed by atoms with Gasteiger partial charge in [-0.25, -0.2) is 4.79 Å². The first kappa shape index (κ1) is 22.3. The Morgan fingerprint density at radius 2 is 1.56 bits per heavy atom. The number of rotatable bonds is 8. The van der Waals surface area contributed by atoms with Gasteiger partial charge in [0.05, 0.1) is 31.8 Å². The highest BCUT2D eigenvalue weighted by molar-refractivity contribution is 6.00. The SMILES string of the molecule is COC(=O)c1ccc(C(=O)CNC(=O)[C@H](C)NCC(=O)OC(C)(C)C)cc1. The highest BCUT2D eigenvalue weighted by Gasteiger charge is 2.19. The van der Waals surface area contributed by atoms with Crippen LogP contribution in [0.1, 0.15) is 48.4 Å². The van der Waals surface area contributed by atoms with Gasteiger partial charge in [-0.15, -0.1) is 0 Å². The van der Waals surface area contributed by atoms with Crippen LogP contribution in [-0.2, 0) is 19.1 Å². The van der Waals surface area contributed by atoms with Gasteiger partial charge in [0.1, 0.15) is 5.60 Å². The Morgan fingerprint density at radius 3 is 2.07 bits per heavy atom. The third-order valence-electron chi connectivity index (χ3n) is 3.42. The van der Waals surface area contributed by atoms with Crippen molar-refractivity contribution in [2.45, 2.75) is 39.3 Å². The molecule has 0 aliphatic heterocycles. The Balaban J connectivity index is 2.45. The first-order chi connectivity index (χ1) is 12.5. The lowest BCUT2D eigenvalue weighted by Gasteiger charge is -2.20. The van der Waals surface area contributed by atoms with Crippen LogP contribution in [0.2, 0.25) is 0 Å². The van der Waals surface area contributed by atoms with E-state index in [1.54, 1.807) is 27.7 Å². The summed E-state index contributed by atoms with van der Waals surface area (Å²) in [6.45, 7) is 6.53. The second kappa shape index (κ2) is 9.82. The zero-order valence-corrected chi connectivity index (χ0v) is 16.3. The van der Waals surface area contributed by atoms with Crippen LogP contribution in [0.4, 0.5) is 0 Å². The highest BCUT2D eigenvalue weighted by Crippen LogP contribution is 2.07. The standard InChI is InChI=1S/C19H26N2O6/c1-12(20-11-16(23)27-19(2,3)4)17(24)21-10-15(22)13-6-8-14(9-7-13)18(25)26-5/h6-9,12,20H,10-11H2,1-5H3,(H,21,24)/t12-/m0/s1. The number of Topliss-reactive ketones (excluding diaryl/α,β-unsaturated/α-hetero) is 1. The lowest BCUT2D eigenvalue weighted by Crippen LogP contribution is -2.46. The number of benzene rings is 1. The third-order valence-corrected chi connectivity index (χ3v) is 3.42. The van der Waals surface area contributed by atoms with E-state index in [1.807, 2.05) is 0 Å². The van der Waals surface area contributed by atoms with Crippen molar-refractivity contribution in [3.8, 4) is 0 Å². The van der Waals surface area contributed by atoms with Crippen molar-refractivity contribution < 1.29 is 28.7 Å². The summed E-state index contributed by atoms with van der Waals surface area (Å²) in [6, 6.07) is 5.26. The van der Waals surface area contributed by atoms with Gasteiger partial charge in [0.25, 0.3) is 0 Å². The average Bonchev–Trinajstić information content (AvgIpc) is 2.61. The van der Waals surface area contributed by atoms with E-state index in [0.29, 0.717) is 11.1 Å². The molecule has 148 valence electrons. The Kier molecular flexibility index (Phi) is 8.11. The molecule has 0 aromatic heterocycles. The third kappa shape index (κ3) is 8.00. The summed E-state index contributed by atoms with van der Waals surface area (Å²) in [5.74, 6) is -1.69. The van der Waals surface area contributed by atoms with Crippen LogP contribution in [0.25, 0.3) is 0 Å². The predicted molar refractivity (Wildman–Crippen MR) is 98.4 cm³/mol. The molecule has 27 heavy (non-hydrogen) atoms. The van der Waals surface area contributed by atoms with Gasteiger partial charge in [0, 0.05) is 5.56 Å². The second-order valence-electron chi connectivity index (χ2n) is 6.90. The molecule has 1 amide bonds. The average molecular weight is 378 g/mol. The zero-order valence-electron chi connectivity index (χ0n) is 16.3. The van der Waals surface area contributed by atoms with Gasteiger partial charge in [-0.05, 0) is 39.8 Å². The molecule has 0 saturated carbocycles. The monoisotopic (exact) mass is 378 g/mol. The van der Waals surface area contributed by atoms with Gasteiger partial charge >= 0.3 is 11.9 Å². The van der Waals surface area contributed by atoms with E-state index in [1.165, 1.54) is 31.4 Å². The number of carbonyl (C=O) groups excluding carboxylic acids is 4. The van der Waals surface area contributed by atoms with Crippen LogP contribution >= 0.6 is 0 Å². The Bertz CT molecular complexity index is 691. The predicted octanol–water partition coefficient (Wildman–Crippen LogP) is 1.09. The number of hydrogen-bond donors (Lipinski definition) is 2. The van der Waals surface area contributed by atoms with Gasteiger partial charge in [-0.1, -0.05) is 12.1 Å². The van der Waals surface area contributed by atoms with Gasteiger partial charge in [0.2, 0.25) is 5.91 Å². The number of carbonyl (C=O) groups is 4. The molecule has 1 aromatic rings. The molecule has 1 rings (SSSR count). The van der Waals surface area contributed by atoms with Crippen molar-refractivity contribution in [3.05, 3.63) is 35.4 Å². The molecule has 8 heteroatoms. The fourth-order valence-electron chi connectivity index (χ4n) is 2.04. The summed E-state index contributed by atoms with van der Waals surface area (Å²) in [5, 5.41) is 5.25. The van der Waals surface area contributed by atoms with E-state index in [2.05, 4.69) is 15.4 Å². The summed E-state index contributed by atoms with van der Waals surface area (Å²) in [4.78, 5) is 47.1. The van der Waals surface area contributed by atoms with Crippen LogP contribution in [-0.4, -0.2) is 55.5 Å². The molecule has 8 nitrogen and oxygen atoms in total. The number of ether oxygens (including phenoxy) is 2. The molecular formula is C19H26N2O6. The number of hydrogen-bond acceptors (Lipinski definition) is 7. The molecule has 1 atom stereocenters. The summed E-state index contributed by atoms with van der Waals surface area (Å²) in [5.41, 5.74) is 0.0930. The molecule has 0 bridgehead atoms. The van der Waals surface area contributed by atoms with Gasteiger partial charge in [-0.3, -0.25) is 19.7 Å². The summed E-state index contributed by atoms with van der Waals surface area (Å²) < 4.78 is 9.73. The summed E-state index contributed by atoms with van der Waals surface area (Å²) in [6.07, 6.45) is 0. The van der Waals surface area contributed by atoms with Crippen LogP contribution in [0.15, 0.2) is 24.3 Å². The van der Waals surface area contributed by atoms with E-state index < -0.39 is 29.5 Å². The van der Waals surface area contributed by atoms with Crippen LogP contribution < -0.4 is 10.6 Å². The first-order valence-corrected chi connectivity index (χ1v) is 8.48. The molecule has 2 N–H and O–H groups in total. The van der Waals surface area contributed by atoms with Crippen molar-refractivity contribution >= 4 is 23.6 Å². The molecule has 0 unspecified atom stereocenters. The normalized spacial score (nSPS) is 12.0. The van der Waals surface area contributed by atoms with Crippen molar-refractivity contribution in [2.24, 2.45) is 0 Å². The minimum Gasteiger partial charge on any atom is -0.465 e. The first-order valence-electron chi connectivity index (χ1n) is 8.48. The minimum atomic E-state index is -0.674. The molecule has 0 fully saturated rings. The lowest BCUT2D eigenvalue weighted by atomic mass is 10.1. The van der Waals surface area contributed by atoms with E-state index in [0.717, 1.165) is 0 Å². The molecule has 0 radical (unpaired) electrons.